The third-order valence-electron chi connectivity index (χ3n) is 3.03. The molecule has 0 radical (unpaired) electrons. The fraction of sp³-hybridized carbons (Fsp3) is 0.500. The third kappa shape index (κ3) is 5.55. The topological polar surface area (TPSA) is 29.1 Å². The second-order valence-electron chi connectivity index (χ2n) is 4.48. The van der Waals surface area contributed by atoms with E-state index >= 15 is 0 Å². The highest BCUT2D eigenvalue weighted by Crippen LogP contribution is 2.10. The fourth-order valence-corrected chi connectivity index (χ4v) is 2.07. The zero-order chi connectivity index (χ0) is 14.3. The van der Waals surface area contributed by atoms with E-state index in [1.807, 2.05) is 6.92 Å². The average Bonchev–Trinajstić information content (AvgIpc) is 2.39. The van der Waals surface area contributed by atoms with Crippen molar-refractivity contribution >= 4 is 17.5 Å². The second kappa shape index (κ2) is 8.10. The Bertz CT molecular complexity index is 426. The van der Waals surface area contributed by atoms with Gasteiger partial charge in [0, 0.05) is 12.4 Å². The summed E-state index contributed by atoms with van der Waals surface area (Å²) in [7, 11) is 0. The first-order chi connectivity index (χ1) is 9.06. The van der Waals surface area contributed by atoms with Crippen LogP contribution in [0.1, 0.15) is 25.3 Å². The van der Waals surface area contributed by atoms with Gasteiger partial charge in [-0.25, -0.2) is 8.78 Å². The molecule has 1 aromatic rings. The van der Waals surface area contributed by atoms with Gasteiger partial charge in [-0.05, 0) is 30.0 Å². The van der Waals surface area contributed by atoms with Gasteiger partial charge in [-0.2, -0.15) is 0 Å². The number of benzene rings is 1. The fourth-order valence-electron chi connectivity index (χ4n) is 1.76. The number of nitrogens with one attached hydrogen (secondary N) is 1. The summed E-state index contributed by atoms with van der Waals surface area (Å²) in [5, 5.41) is 2.79. The van der Waals surface area contributed by atoms with Crippen molar-refractivity contribution in [2.24, 2.45) is 5.92 Å². The molecule has 0 aliphatic heterocycles. The molecule has 1 atom stereocenters. The van der Waals surface area contributed by atoms with Crippen molar-refractivity contribution in [3.8, 4) is 0 Å². The number of hydrogen-bond acceptors (Lipinski definition) is 1. The third-order valence-corrected chi connectivity index (χ3v) is 3.25. The van der Waals surface area contributed by atoms with E-state index in [4.69, 9.17) is 11.6 Å². The Morgan fingerprint density at radius 1 is 1.37 bits per heavy atom. The van der Waals surface area contributed by atoms with Gasteiger partial charge in [-0.1, -0.05) is 19.4 Å². The van der Waals surface area contributed by atoms with E-state index in [9.17, 15) is 13.6 Å². The van der Waals surface area contributed by atoms with Gasteiger partial charge < -0.3 is 5.32 Å². The number of amides is 1. The number of halogens is 3. The zero-order valence-corrected chi connectivity index (χ0v) is 11.6. The van der Waals surface area contributed by atoms with Gasteiger partial charge in [-0.15, -0.1) is 11.6 Å². The predicted molar refractivity (Wildman–Crippen MR) is 72.2 cm³/mol. The van der Waals surface area contributed by atoms with Gasteiger partial charge in [0.1, 0.15) is 0 Å². The van der Waals surface area contributed by atoms with E-state index in [1.165, 1.54) is 6.07 Å². The van der Waals surface area contributed by atoms with Gasteiger partial charge in [0.2, 0.25) is 5.91 Å². The SMILES string of the molecule is CCC(CCCl)CNC(=O)Cc1ccc(F)c(F)c1. The van der Waals surface area contributed by atoms with Crippen molar-refractivity contribution < 1.29 is 13.6 Å². The van der Waals surface area contributed by atoms with Crippen molar-refractivity contribution in [2.75, 3.05) is 12.4 Å². The number of carbonyl (C=O) groups is 1. The van der Waals surface area contributed by atoms with Gasteiger partial charge in [0.25, 0.3) is 0 Å². The van der Waals surface area contributed by atoms with Crippen molar-refractivity contribution in [1.82, 2.24) is 5.32 Å². The standard InChI is InChI=1S/C14H18ClF2NO/c1-2-10(5-6-15)9-18-14(19)8-11-3-4-12(16)13(17)7-11/h3-4,7,10H,2,5-6,8-9H2,1H3,(H,18,19). The molecular formula is C14H18ClF2NO. The smallest absolute Gasteiger partial charge is 0.224 e. The summed E-state index contributed by atoms with van der Waals surface area (Å²) in [6.07, 6.45) is 1.84. The summed E-state index contributed by atoms with van der Waals surface area (Å²) >= 11 is 5.66. The van der Waals surface area contributed by atoms with Gasteiger partial charge >= 0.3 is 0 Å². The number of rotatable bonds is 7. The molecule has 0 saturated carbocycles. The van der Waals surface area contributed by atoms with Crippen LogP contribution in [-0.2, 0) is 11.2 Å². The lowest BCUT2D eigenvalue weighted by Crippen LogP contribution is -2.30. The van der Waals surface area contributed by atoms with Crippen LogP contribution in [0.3, 0.4) is 0 Å². The summed E-state index contributed by atoms with van der Waals surface area (Å²) < 4.78 is 25.7. The molecule has 2 nitrogen and oxygen atoms in total. The van der Waals surface area contributed by atoms with Crippen molar-refractivity contribution in [3.05, 3.63) is 35.4 Å². The van der Waals surface area contributed by atoms with Gasteiger partial charge in [-0.3, -0.25) is 4.79 Å². The Morgan fingerprint density at radius 3 is 2.68 bits per heavy atom. The minimum absolute atomic E-state index is 0.0501. The molecular weight excluding hydrogens is 272 g/mol. The maximum absolute atomic E-state index is 13.0. The molecule has 1 unspecified atom stereocenters. The monoisotopic (exact) mass is 289 g/mol. The van der Waals surface area contributed by atoms with E-state index in [0.29, 0.717) is 23.9 Å². The maximum Gasteiger partial charge on any atom is 0.224 e. The number of carbonyl (C=O) groups excluding carboxylic acids is 1. The number of hydrogen-bond donors (Lipinski definition) is 1. The quantitative estimate of drug-likeness (QED) is 0.767. The molecule has 0 aromatic heterocycles. The molecule has 106 valence electrons. The normalized spacial score (nSPS) is 12.2. The molecule has 1 aromatic carbocycles. The first-order valence-corrected chi connectivity index (χ1v) is 6.86. The first-order valence-electron chi connectivity index (χ1n) is 6.33. The predicted octanol–water partition coefficient (Wildman–Crippen LogP) is 3.28. The highest BCUT2D eigenvalue weighted by molar-refractivity contribution is 6.17. The van der Waals surface area contributed by atoms with Crippen LogP contribution in [0.2, 0.25) is 0 Å². The molecule has 0 saturated heterocycles. The molecule has 0 fully saturated rings. The highest BCUT2D eigenvalue weighted by atomic mass is 35.5. The average molecular weight is 290 g/mol. The van der Waals surface area contributed by atoms with Crippen molar-refractivity contribution in [2.45, 2.75) is 26.2 Å². The highest BCUT2D eigenvalue weighted by Gasteiger charge is 2.10. The Kier molecular flexibility index (Phi) is 6.78. The number of alkyl halides is 1. The Hall–Kier alpha value is -1.16. The largest absolute Gasteiger partial charge is 0.356 e. The molecule has 1 N–H and O–H groups in total. The first kappa shape index (κ1) is 15.9. The molecule has 0 aliphatic rings. The van der Waals surface area contributed by atoms with Crippen LogP contribution < -0.4 is 5.32 Å². The minimum atomic E-state index is -0.932. The molecule has 0 spiro atoms. The van der Waals surface area contributed by atoms with Gasteiger partial charge in [0.05, 0.1) is 6.42 Å². The zero-order valence-electron chi connectivity index (χ0n) is 10.9. The van der Waals surface area contributed by atoms with Crippen molar-refractivity contribution in [3.63, 3.8) is 0 Å². The van der Waals surface area contributed by atoms with Crippen LogP contribution in [0.4, 0.5) is 8.78 Å². The van der Waals surface area contributed by atoms with Crippen molar-refractivity contribution in [1.29, 1.82) is 0 Å². The Labute approximate surface area is 117 Å². The molecule has 1 amide bonds. The van der Waals surface area contributed by atoms with Crippen LogP contribution in [-0.4, -0.2) is 18.3 Å². The van der Waals surface area contributed by atoms with Crippen LogP contribution in [0.15, 0.2) is 18.2 Å². The van der Waals surface area contributed by atoms with Crippen LogP contribution in [0.25, 0.3) is 0 Å². The maximum atomic E-state index is 13.0. The summed E-state index contributed by atoms with van der Waals surface area (Å²) in [6, 6.07) is 3.49. The summed E-state index contributed by atoms with van der Waals surface area (Å²) in [6.45, 7) is 2.60. The Morgan fingerprint density at radius 2 is 2.11 bits per heavy atom. The van der Waals surface area contributed by atoms with E-state index in [2.05, 4.69) is 5.32 Å². The van der Waals surface area contributed by atoms with E-state index < -0.39 is 11.6 Å². The lowest BCUT2D eigenvalue weighted by atomic mass is 10.0. The lowest BCUT2D eigenvalue weighted by molar-refractivity contribution is -0.120. The summed E-state index contributed by atoms with van der Waals surface area (Å²) in [5.41, 5.74) is 0.460. The lowest BCUT2D eigenvalue weighted by Gasteiger charge is -2.14. The summed E-state index contributed by atoms with van der Waals surface area (Å²) in [5.74, 6) is -1.11. The molecule has 19 heavy (non-hydrogen) atoms. The summed E-state index contributed by atoms with van der Waals surface area (Å²) in [4.78, 5) is 11.7. The van der Waals surface area contributed by atoms with Crippen LogP contribution in [0, 0.1) is 17.6 Å². The van der Waals surface area contributed by atoms with Crippen LogP contribution in [0.5, 0.6) is 0 Å². The van der Waals surface area contributed by atoms with E-state index in [-0.39, 0.29) is 12.3 Å². The molecule has 0 bridgehead atoms. The second-order valence-corrected chi connectivity index (χ2v) is 4.86. The minimum Gasteiger partial charge on any atom is -0.356 e. The molecule has 0 aliphatic carbocycles. The van der Waals surface area contributed by atoms with E-state index in [0.717, 1.165) is 25.0 Å². The van der Waals surface area contributed by atoms with E-state index in [1.54, 1.807) is 0 Å². The Balaban J connectivity index is 2.44. The molecule has 0 heterocycles. The van der Waals surface area contributed by atoms with Gasteiger partial charge in [0.15, 0.2) is 11.6 Å². The molecule has 5 heteroatoms. The van der Waals surface area contributed by atoms with Crippen LogP contribution >= 0.6 is 11.6 Å². The molecule has 1 rings (SSSR count).